The fourth-order valence-corrected chi connectivity index (χ4v) is 5.00. The van der Waals surface area contributed by atoms with E-state index >= 15 is 0 Å². The Hall–Kier alpha value is -1.02. The summed E-state index contributed by atoms with van der Waals surface area (Å²) in [5.74, 6) is 0.479. The van der Waals surface area contributed by atoms with E-state index in [1.807, 2.05) is 19.2 Å². The molecule has 2 atom stereocenters. The van der Waals surface area contributed by atoms with E-state index in [1.165, 1.54) is 5.56 Å². The van der Waals surface area contributed by atoms with Gasteiger partial charge in [-0.05, 0) is 18.1 Å². The van der Waals surface area contributed by atoms with Crippen molar-refractivity contribution in [2.75, 3.05) is 38.5 Å². The van der Waals surface area contributed by atoms with E-state index in [1.54, 1.807) is 10.5 Å². The zero-order valence-electron chi connectivity index (χ0n) is 13.6. The number of fused-ring (bicyclic) bond motifs is 1. The molecule has 3 heterocycles. The Morgan fingerprint density at radius 2 is 2.22 bits per heavy atom. The van der Waals surface area contributed by atoms with Crippen molar-refractivity contribution < 1.29 is 13.2 Å². The molecule has 0 unspecified atom stereocenters. The minimum atomic E-state index is -3.13. The van der Waals surface area contributed by atoms with Crippen LogP contribution in [0.3, 0.4) is 0 Å². The lowest BCUT2D eigenvalue weighted by molar-refractivity contribution is 0.0546. The Bertz CT molecular complexity index is 608. The van der Waals surface area contributed by atoms with Gasteiger partial charge < -0.3 is 4.74 Å². The monoisotopic (exact) mass is 339 g/mol. The molecular formula is C16H25N3O3S. The fraction of sp³-hybridized carbons (Fsp3) is 0.688. The van der Waals surface area contributed by atoms with Crippen molar-refractivity contribution >= 4 is 10.0 Å². The molecule has 0 saturated carbocycles. The fourth-order valence-electron chi connectivity index (χ4n) is 3.43. The Morgan fingerprint density at radius 3 is 2.96 bits per heavy atom. The summed E-state index contributed by atoms with van der Waals surface area (Å²) in [6, 6.07) is 4.02. The number of nitrogens with zero attached hydrogens (tertiary/aromatic N) is 3. The average molecular weight is 339 g/mol. The largest absolute Gasteiger partial charge is 0.375 e. The van der Waals surface area contributed by atoms with Crippen LogP contribution in [-0.2, 0) is 21.3 Å². The summed E-state index contributed by atoms with van der Waals surface area (Å²) in [5, 5.41) is 0. The van der Waals surface area contributed by atoms with Gasteiger partial charge in [-0.2, -0.15) is 4.31 Å². The van der Waals surface area contributed by atoms with E-state index in [0.717, 1.165) is 19.6 Å². The van der Waals surface area contributed by atoms with E-state index in [2.05, 4.69) is 16.0 Å². The first-order valence-electron chi connectivity index (χ1n) is 8.29. The number of aromatic nitrogens is 1. The zero-order valence-corrected chi connectivity index (χ0v) is 14.4. The van der Waals surface area contributed by atoms with Gasteiger partial charge in [-0.25, -0.2) is 8.42 Å². The normalized spacial score (nSPS) is 26.8. The Kier molecular flexibility index (Phi) is 5.31. The van der Waals surface area contributed by atoms with Gasteiger partial charge in [0.2, 0.25) is 10.0 Å². The number of hydrogen-bond acceptors (Lipinski definition) is 5. The molecule has 2 fully saturated rings. The van der Waals surface area contributed by atoms with Crippen LogP contribution in [0.4, 0.5) is 0 Å². The van der Waals surface area contributed by atoms with Gasteiger partial charge in [0.1, 0.15) is 0 Å². The summed E-state index contributed by atoms with van der Waals surface area (Å²) >= 11 is 0. The molecule has 1 aromatic heterocycles. The smallest absolute Gasteiger partial charge is 0.214 e. The van der Waals surface area contributed by atoms with Crippen molar-refractivity contribution in [3.05, 3.63) is 30.1 Å². The summed E-state index contributed by atoms with van der Waals surface area (Å²) in [7, 11) is -3.13. The van der Waals surface area contributed by atoms with Crippen LogP contribution >= 0.6 is 0 Å². The summed E-state index contributed by atoms with van der Waals surface area (Å²) in [4.78, 5) is 6.50. The quantitative estimate of drug-likeness (QED) is 0.799. The lowest BCUT2D eigenvalue weighted by Gasteiger charge is -2.23. The average Bonchev–Trinajstić information content (AvgIpc) is 2.83. The molecule has 3 rings (SSSR count). The minimum Gasteiger partial charge on any atom is -0.375 e. The maximum atomic E-state index is 12.3. The molecule has 0 bridgehead atoms. The van der Waals surface area contributed by atoms with Gasteiger partial charge in [0, 0.05) is 51.0 Å². The molecule has 0 radical (unpaired) electrons. The van der Waals surface area contributed by atoms with E-state index in [4.69, 9.17) is 4.74 Å². The van der Waals surface area contributed by atoms with Gasteiger partial charge in [0.05, 0.1) is 18.5 Å². The molecule has 23 heavy (non-hydrogen) atoms. The van der Waals surface area contributed by atoms with Gasteiger partial charge in [-0.1, -0.05) is 13.0 Å². The van der Waals surface area contributed by atoms with Gasteiger partial charge in [0.15, 0.2) is 0 Å². The van der Waals surface area contributed by atoms with Crippen molar-refractivity contribution in [1.29, 1.82) is 0 Å². The third kappa shape index (κ3) is 4.09. The van der Waals surface area contributed by atoms with Crippen molar-refractivity contribution in [2.24, 2.45) is 5.92 Å². The van der Waals surface area contributed by atoms with Crippen molar-refractivity contribution in [2.45, 2.75) is 26.0 Å². The Morgan fingerprint density at radius 1 is 1.35 bits per heavy atom. The maximum absolute atomic E-state index is 12.3. The highest BCUT2D eigenvalue weighted by Crippen LogP contribution is 2.26. The molecule has 0 aliphatic carbocycles. The molecule has 1 aromatic rings. The topological polar surface area (TPSA) is 62.7 Å². The summed E-state index contributed by atoms with van der Waals surface area (Å²) < 4.78 is 32.1. The highest BCUT2D eigenvalue weighted by molar-refractivity contribution is 7.89. The van der Waals surface area contributed by atoms with Gasteiger partial charge >= 0.3 is 0 Å². The number of hydrogen-bond donors (Lipinski definition) is 0. The zero-order chi connectivity index (χ0) is 16.3. The van der Waals surface area contributed by atoms with Gasteiger partial charge in [0.25, 0.3) is 0 Å². The molecule has 0 amide bonds. The predicted molar refractivity (Wildman–Crippen MR) is 88.4 cm³/mol. The summed E-state index contributed by atoms with van der Waals surface area (Å²) in [6.07, 6.45) is 4.34. The third-order valence-corrected chi connectivity index (χ3v) is 6.57. The molecule has 128 valence electrons. The number of ether oxygens (including phenoxy) is 1. The lowest BCUT2D eigenvalue weighted by Crippen LogP contribution is -2.34. The maximum Gasteiger partial charge on any atom is 0.214 e. The SMILES string of the molecule is CCCS(=O)(=O)N1C[C@H]2CN(Cc3cccnc3)CCO[C@H]2C1. The predicted octanol–water partition coefficient (Wildman–Crippen LogP) is 0.954. The molecule has 0 N–H and O–H groups in total. The molecule has 0 spiro atoms. The highest BCUT2D eigenvalue weighted by Gasteiger charge is 2.40. The minimum absolute atomic E-state index is 0.0283. The van der Waals surface area contributed by atoms with Crippen molar-refractivity contribution in [3.8, 4) is 0 Å². The van der Waals surface area contributed by atoms with Crippen LogP contribution < -0.4 is 0 Å². The Balaban J connectivity index is 1.64. The molecular weight excluding hydrogens is 314 g/mol. The first-order valence-corrected chi connectivity index (χ1v) is 9.90. The molecule has 2 aliphatic rings. The molecule has 2 aliphatic heterocycles. The van der Waals surface area contributed by atoms with Gasteiger partial charge in [-0.15, -0.1) is 0 Å². The van der Waals surface area contributed by atoms with Crippen LogP contribution in [0.1, 0.15) is 18.9 Å². The summed E-state index contributed by atoms with van der Waals surface area (Å²) in [5.41, 5.74) is 1.18. The second kappa shape index (κ2) is 7.25. The molecule has 2 saturated heterocycles. The van der Waals surface area contributed by atoms with E-state index < -0.39 is 10.0 Å². The van der Waals surface area contributed by atoms with Crippen molar-refractivity contribution in [3.63, 3.8) is 0 Å². The van der Waals surface area contributed by atoms with Crippen LogP contribution in [0.25, 0.3) is 0 Å². The second-order valence-electron chi connectivity index (χ2n) is 6.40. The van der Waals surface area contributed by atoms with E-state index in [0.29, 0.717) is 26.1 Å². The van der Waals surface area contributed by atoms with Crippen LogP contribution in [-0.4, -0.2) is 67.2 Å². The molecule has 6 nitrogen and oxygen atoms in total. The summed E-state index contributed by atoms with van der Waals surface area (Å²) in [6.45, 7) is 6.23. The van der Waals surface area contributed by atoms with Crippen LogP contribution in [0, 0.1) is 5.92 Å². The van der Waals surface area contributed by atoms with Crippen LogP contribution in [0.2, 0.25) is 0 Å². The first kappa shape index (κ1) is 16.8. The number of rotatable bonds is 5. The van der Waals surface area contributed by atoms with E-state index in [-0.39, 0.29) is 17.8 Å². The highest BCUT2D eigenvalue weighted by atomic mass is 32.2. The van der Waals surface area contributed by atoms with Crippen molar-refractivity contribution in [1.82, 2.24) is 14.2 Å². The van der Waals surface area contributed by atoms with E-state index in [9.17, 15) is 8.42 Å². The van der Waals surface area contributed by atoms with Gasteiger partial charge in [-0.3, -0.25) is 9.88 Å². The van der Waals surface area contributed by atoms with Crippen LogP contribution in [0.15, 0.2) is 24.5 Å². The number of pyridine rings is 1. The van der Waals surface area contributed by atoms with Crippen LogP contribution in [0.5, 0.6) is 0 Å². The first-order chi connectivity index (χ1) is 11.1. The number of sulfonamides is 1. The lowest BCUT2D eigenvalue weighted by atomic mass is 10.1. The molecule has 7 heteroatoms. The molecule has 0 aromatic carbocycles. The standard InChI is InChI=1S/C16H25N3O3S/c1-2-8-23(20,21)19-12-15-11-18(6-7-22-16(15)13-19)10-14-4-3-5-17-9-14/h3-5,9,15-16H,2,6-8,10-13H2,1H3/t15-,16+/m1/s1. The Labute approximate surface area is 138 Å². The third-order valence-electron chi connectivity index (χ3n) is 4.56. The second-order valence-corrected chi connectivity index (χ2v) is 8.49.